The Hall–Kier alpha value is -3.28. The van der Waals surface area contributed by atoms with Crippen LogP contribution in [0.2, 0.25) is 0 Å². The van der Waals surface area contributed by atoms with Crippen molar-refractivity contribution in [2.45, 2.75) is 335 Å². The van der Waals surface area contributed by atoms with Gasteiger partial charge >= 0.3 is 35.8 Å². The Balaban J connectivity index is -0.0000396. The van der Waals surface area contributed by atoms with Crippen molar-refractivity contribution in [2.24, 2.45) is 0 Å². The first-order valence-electron chi connectivity index (χ1n) is 36.7. The van der Waals surface area contributed by atoms with Crippen molar-refractivity contribution in [1.29, 1.82) is 0 Å². The van der Waals surface area contributed by atoms with Gasteiger partial charge in [0.1, 0.15) is 38.5 Å². The van der Waals surface area contributed by atoms with E-state index in [1.165, 1.54) is 25.7 Å². The van der Waals surface area contributed by atoms with Crippen LogP contribution in [-0.2, 0) is 57.2 Å². The summed E-state index contributed by atoms with van der Waals surface area (Å²) in [6, 6.07) is 0. The lowest BCUT2D eigenvalue weighted by Gasteiger charge is -2.30. The van der Waals surface area contributed by atoms with Crippen molar-refractivity contribution in [3.8, 4) is 0 Å². The van der Waals surface area contributed by atoms with E-state index >= 15 is 0 Å². The fourth-order valence-corrected chi connectivity index (χ4v) is 10.7. The minimum atomic E-state index is -0.769. The summed E-state index contributed by atoms with van der Waals surface area (Å²) in [6.45, 7) is 11.4. The lowest BCUT2D eigenvalue weighted by atomic mass is 10.0. The van der Waals surface area contributed by atoms with Crippen LogP contribution in [0, 0.1) is 0 Å². The average Bonchev–Trinajstić information content (AvgIpc) is 1.43. The number of unbranched alkanes of at least 4 members (excludes halogenated alkanes) is 29. The van der Waals surface area contributed by atoms with Gasteiger partial charge in [-0.1, -0.05) is 206 Å². The molecule has 0 spiro atoms. The number of carbonyl (C=O) groups is 6. The summed E-state index contributed by atoms with van der Waals surface area (Å²) < 4.78 is 34.2. The van der Waals surface area contributed by atoms with E-state index in [2.05, 4.69) is 39.8 Å². The number of ether oxygens (including phenoxy) is 6. The fraction of sp³-hybridized carbons (Fsp3) is 0.865. The highest BCUT2D eigenvalue weighted by atomic mass is 35.5. The molecule has 4 unspecified atom stereocenters. The molecule has 0 aromatic carbocycles. The van der Waals surface area contributed by atoms with Gasteiger partial charge in [0.25, 0.3) is 0 Å². The number of allylic oxidation sites excluding steroid dienone is 2. The maximum atomic E-state index is 13.0. The SMILES string of the molecule is CCCCCCCC(=O)OCC[N+](C)(C)CC(=O)OC(CCCCC)C(O)C/C=C\CCCCCCCC(=O)OCCCCCCCCCCOC(=O)CCCCCCC/C=C\CC(O)C(CCCCC)OC(=O)C[N+](C)(C)CCOC(=O)CCCCCCC.[Cl-].[Cl-]. The zero-order chi connectivity index (χ0) is 66.6. The molecule has 0 heterocycles. The van der Waals surface area contributed by atoms with E-state index in [1.54, 1.807) is 0 Å². The van der Waals surface area contributed by atoms with E-state index in [9.17, 15) is 39.0 Å². The molecule has 0 aromatic rings. The normalized spacial score (nSPS) is 13.0. The molecule has 0 rings (SSSR count). The van der Waals surface area contributed by atoms with Gasteiger partial charge in [0.2, 0.25) is 0 Å². The van der Waals surface area contributed by atoms with Crippen LogP contribution >= 0.6 is 0 Å². The fourth-order valence-electron chi connectivity index (χ4n) is 10.7. The van der Waals surface area contributed by atoms with Crippen molar-refractivity contribution in [3.05, 3.63) is 24.3 Å². The molecule has 4 atom stereocenters. The second kappa shape index (κ2) is 65.0. The molecule has 0 aliphatic heterocycles. The zero-order valence-corrected chi connectivity index (χ0v) is 61.3. The maximum absolute atomic E-state index is 13.0. The highest BCUT2D eigenvalue weighted by Gasteiger charge is 2.29. The molecule has 16 nitrogen and oxygen atoms in total. The van der Waals surface area contributed by atoms with Gasteiger partial charge < -0.3 is 72.4 Å². The topological polar surface area (TPSA) is 198 Å². The van der Waals surface area contributed by atoms with E-state index in [0.717, 1.165) is 205 Å². The molecule has 0 fully saturated rings. The first-order valence-corrected chi connectivity index (χ1v) is 36.7. The molecule has 0 aliphatic carbocycles. The number of rotatable bonds is 65. The van der Waals surface area contributed by atoms with Crippen molar-refractivity contribution < 1.29 is 101 Å². The summed E-state index contributed by atoms with van der Waals surface area (Å²) in [4.78, 5) is 74.9. The second-order valence-electron chi connectivity index (χ2n) is 26.9. The van der Waals surface area contributed by atoms with Gasteiger partial charge in [0.15, 0.2) is 13.1 Å². The van der Waals surface area contributed by atoms with Gasteiger partial charge in [0.05, 0.1) is 53.6 Å². The molecule has 0 radical (unpaired) electrons. The third-order valence-electron chi connectivity index (χ3n) is 16.8. The zero-order valence-electron chi connectivity index (χ0n) is 59.8. The van der Waals surface area contributed by atoms with Gasteiger partial charge in [-0.25, -0.2) is 9.59 Å². The first-order chi connectivity index (χ1) is 43.4. The molecule has 0 saturated carbocycles. The summed E-state index contributed by atoms with van der Waals surface area (Å²) in [7, 11) is 7.69. The number of likely N-dealkylation sites (N-methyl/N-ethyl adjacent to an activating group) is 2. The molecule has 0 amide bonds. The Morgan fingerprint density at radius 1 is 0.326 bits per heavy atom. The van der Waals surface area contributed by atoms with Crippen molar-refractivity contribution in [2.75, 3.05) is 80.8 Å². The summed E-state index contributed by atoms with van der Waals surface area (Å²) in [5.74, 6) is -1.28. The molecule has 2 N–H and O–H groups in total. The van der Waals surface area contributed by atoms with Crippen LogP contribution in [0.3, 0.4) is 0 Å². The second-order valence-corrected chi connectivity index (χ2v) is 26.9. The van der Waals surface area contributed by atoms with E-state index in [0.29, 0.717) is 86.6 Å². The van der Waals surface area contributed by atoms with Crippen LogP contribution in [0.25, 0.3) is 0 Å². The first kappa shape index (κ1) is 92.9. The number of quaternary nitrogens is 2. The standard InChI is InChI=1S/C74H138N2O14.2ClH/c1-9-13-17-31-43-55-71(81)87-61-57-75(5,6)63-73(83)89-67(51-39-15-11-3)65(77)49-41-33-25-19-21-27-35-45-53-69(79)85-59-47-37-29-23-24-30-38-48-60-86-70(80)54-46-36-28-22-20-26-34-42-50-66(78)68(52-40-16-12-4)90-74(84)64-76(7,8)58-62-88-72(82)56-44-32-18-14-10-2;;/h33-34,41-42,65-68,77-78H,9-32,35-40,43-64H2,1-8H3;2*1H/q+2;;/p-2/b41-33-,42-34-;;. The Morgan fingerprint density at radius 3 is 0.902 bits per heavy atom. The van der Waals surface area contributed by atoms with E-state index in [4.69, 9.17) is 28.4 Å². The Morgan fingerprint density at radius 2 is 0.587 bits per heavy atom. The third kappa shape index (κ3) is 61.6. The Bertz CT molecular complexity index is 1710. The van der Waals surface area contributed by atoms with Gasteiger partial charge in [-0.15, -0.1) is 0 Å². The molecular weight excluding hydrogens is 1210 g/mol. The molecule has 92 heavy (non-hydrogen) atoms. The van der Waals surface area contributed by atoms with Crippen molar-refractivity contribution >= 4 is 35.8 Å². The van der Waals surface area contributed by atoms with E-state index < -0.39 is 24.4 Å². The predicted octanol–water partition coefficient (Wildman–Crippen LogP) is 10.2. The average molecular weight is 1350 g/mol. The molecule has 18 heteroatoms. The number of aliphatic hydroxyl groups is 2. The van der Waals surface area contributed by atoms with E-state index in [1.807, 2.05) is 40.3 Å². The van der Waals surface area contributed by atoms with Crippen molar-refractivity contribution in [1.82, 2.24) is 0 Å². The highest BCUT2D eigenvalue weighted by molar-refractivity contribution is 5.72. The molecule has 0 aliphatic rings. The monoisotopic (exact) mass is 1350 g/mol. The van der Waals surface area contributed by atoms with Crippen LogP contribution in [0.4, 0.5) is 0 Å². The summed E-state index contributed by atoms with van der Waals surface area (Å²) in [6.07, 6.45) is 46.4. The van der Waals surface area contributed by atoms with Crippen molar-refractivity contribution in [3.63, 3.8) is 0 Å². The smallest absolute Gasteiger partial charge is 0.362 e. The Kier molecular flexibility index (Phi) is 65.7. The predicted molar refractivity (Wildman–Crippen MR) is 363 cm³/mol. The molecule has 0 bridgehead atoms. The van der Waals surface area contributed by atoms with Crippen LogP contribution in [-0.4, -0.2) is 160 Å². The van der Waals surface area contributed by atoms with Gasteiger partial charge in [0, 0.05) is 25.7 Å². The van der Waals surface area contributed by atoms with Crippen LogP contribution in [0.5, 0.6) is 0 Å². The summed E-state index contributed by atoms with van der Waals surface area (Å²) in [5.41, 5.74) is 0. The van der Waals surface area contributed by atoms with Crippen LogP contribution in [0.1, 0.15) is 310 Å². The van der Waals surface area contributed by atoms with Crippen LogP contribution in [0.15, 0.2) is 24.3 Å². The third-order valence-corrected chi connectivity index (χ3v) is 16.8. The van der Waals surface area contributed by atoms with E-state index in [-0.39, 0.29) is 86.9 Å². The van der Waals surface area contributed by atoms with Gasteiger partial charge in [-0.2, -0.15) is 0 Å². The molecule has 542 valence electrons. The Labute approximate surface area is 573 Å². The maximum Gasteiger partial charge on any atom is 0.362 e. The number of esters is 6. The molecule has 0 saturated heterocycles. The largest absolute Gasteiger partial charge is 1.00 e. The number of hydrogen-bond acceptors (Lipinski definition) is 14. The number of nitrogens with zero attached hydrogens (tertiary/aromatic N) is 2. The lowest BCUT2D eigenvalue weighted by Crippen LogP contribution is -3.00. The summed E-state index contributed by atoms with van der Waals surface area (Å²) in [5, 5.41) is 22.1. The van der Waals surface area contributed by atoms with Gasteiger partial charge in [-0.3, -0.25) is 19.2 Å². The minimum Gasteiger partial charge on any atom is -1.00 e. The lowest BCUT2D eigenvalue weighted by molar-refractivity contribution is -0.883. The van der Waals surface area contributed by atoms with Gasteiger partial charge in [-0.05, 0) is 103 Å². The number of halogens is 2. The number of aliphatic hydroxyl groups excluding tert-OH is 2. The molecule has 0 aromatic heterocycles. The van der Waals surface area contributed by atoms with Crippen LogP contribution < -0.4 is 24.8 Å². The minimum absolute atomic E-state index is 0. The number of carbonyl (C=O) groups excluding carboxylic acids is 6. The summed E-state index contributed by atoms with van der Waals surface area (Å²) >= 11 is 0. The number of hydrogen-bond donors (Lipinski definition) is 2. The quantitative estimate of drug-likeness (QED) is 0.0192. The highest BCUT2D eigenvalue weighted by Crippen LogP contribution is 2.19. The molecular formula is C74H138Cl2N2O14.